The summed E-state index contributed by atoms with van der Waals surface area (Å²) in [6.07, 6.45) is -2.69. The van der Waals surface area contributed by atoms with Crippen LogP contribution in [0.4, 0.5) is 4.79 Å². The summed E-state index contributed by atoms with van der Waals surface area (Å²) in [5.41, 5.74) is 0. The van der Waals surface area contributed by atoms with Gasteiger partial charge in [0.25, 0.3) is 0 Å². The molecule has 0 saturated carbocycles. The Labute approximate surface area is 100 Å². The van der Waals surface area contributed by atoms with Crippen LogP contribution >= 0.6 is 34.8 Å². The Kier molecular flexibility index (Phi) is 6.04. The summed E-state index contributed by atoms with van der Waals surface area (Å²) in [7, 11) is 0. The first kappa shape index (κ1) is 14.6. The minimum Gasteiger partial charge on any atom is -0.479 e. The zero-order chi connectivity index (χ0) is 12.1. The summed E-state index contributed by atoms with van der Waals surface area (Å²) in [5, 5.41) is 19.0. The second-order valence-electron chi connectivity index (χ2n) is 2.43. The number of aliphatic hydroxyl groups is 1. The van der Waals surface area contributed by atoms with E-state index >= 15 is 0 Å². The average molecular weight is 280 g/mol. The molecular weight excluding hydrogens is 272 g/mol. The molecule has 1 atom stereocenters. The summed E-state index contributed by atoms with van der Waals surface area (Å²) in [4.78, 5) is 20.9. The molecule has 9 heteroatoms. The van der Waals surface area contributed by atoms with Crippen LogP contribution in [0.15, 0.2) is 0 Å². The maximum absolute atomic E-state index is 10.8. The third-order valence-electron chi connectivity index (χ3n) is 1.09. The largest absolute Gasteiger partial charge is 0.479 e. The fraction of sp³-hybridized carbons (Fsp3) is 0.667. The number of hydrogen-bond acceptors (Lipinski definition) is 4. The van der Waals surface area contributed by atoms with Crippen LogP contribution in [0.5, 0.6) is 0 Å². The topological polar surface area (TPSA) is 95.9 Å². The second kappa shape index (κ2) is 6.22. The molecule has 0 rings (SSSR count). The smallest absolute Gasteiger partial charge is 0.407 e. The molecule has 0 aromatic rings. The molecule has 0 fully saturated rings. The number of hydrogen-bond donors (Lipinski definition) is 3. The zero-order valence-corrected chi connectivity index (χ0v) is 9.51. The molecule has 0 aromatic heterocycles. The van der Waals surface area contributed by atoms with Crippen molar-refractivity contribution in [3.05, 3.63) is 0 Å². The minimum atomic E-state index is -1.73. The van der Waals surface area contributed by atoms with E-state index in [0.717, 1.165) is 0 Å². The molecule has 15 heavy (non-hydrogen) atoms. The van der Waals surface area contributed by atoms with Gasteiger partial charge in [-0.1, -0.05) is 34.8 Å². The van der Waals surface area contributed by atoms with E-state index in [2.05, 4.69) is 4.74 Å². The van der Waals surface area contributed by atoms with Gasteiger partial charge in [-0.3, -0.25) is 0 Å². The third-order valence-corrected chi connectivity index (χ3v) is 1.42. The van der Waals surface area contributed by atoms with Crippen molar-refractivity contribution in [3.63, 3.8) is 0 Å². The van der Waals surface area contributed by atoms with Gasteiger partial charge in [0.15, 0.2) is 6.10 Å². The molecule has 0 aliphatic carbocycles. The van der Waals surface area contributed by atoms with Crippen LogP contribution in [-0.4, -0.2) is 45.3 Å². The van der Waals surface area contributed by atoms with Gasteiger partial charge < -0.3 is 20.3 Å². The van der Waals surface area contributed by atoms with Gasteiger partial charge >= 0.3 is 12.1 Å². The number of carbonyl (C=O) groups is 2. The van der Waals surface area contributed by atoms with E-state index in [0.29, 0.717) is 0 Å². The fourth-order valence-corrected chi connectivity index (χ4v) is 0.629. The molecule has 0 spiro atoms. The van der Waals surface area contributed by atoms with Crippen molar-refractivity contribution in [2.75, 3.05) is 13.2 Å². The highest BCUT2D eigenvalue weighted by atomic mass is 35.6. The van der Waals surface area contributed by atoms with Crippen molar-refractivity contribution in [1.29, 1.82) is 0 Å². The van der Waals surface area contributed by atoms with Gasteiger partial charge in [-0.15, -0.1) is 0 Å². The molecular formula is C6H8Cl3NO5. The van der Waals surface area contributed by atoms with Gasteiger partial charge in [-0.05, 0) is 0 Å². The van der Waals surface area contributed by atoms with E-state index < -0.39 is 35.1 Å². The molecule has 3 N–H and O–H groups in total. The molecule has 0 unspecified atom stereocenters. The molecule has 0 aliphatic heterocycles. The van der Waals surface area contributed by atoms with E-state index in [4.69, 9.17) is 45.0 Å². The van der Waals surface area contributed by atoms with Crippen LogP contribution < -0.4 is 5.32 Å². The third kappa shape index (κ3) is 8.56. The summed E-state index contributed by atoms with van der Waals surface area (Å²) in [5.74, 6) is -1.46. The number of aliphatic hydroxyl groups excluding tert-OH is 1. The maximum Gasteiger partial charge on any atom is 0.407 e. The lowest BCUT2D eigenvalue weighted by Crippen LogP contribution is -2.37. The van der Waals surface area contributed by atoms with Crippen LogP contribution in [0.3, 0.4) is 0 Å². The molecule has 1 amide bonds. The van der Waals surface area contributed by atoms with Crippen LogP contribution in [0.25, 0.3) is 0 Å². The highest BCUT2D eigenvalue weighted by Crippen LogP contribution is 2.25. The van der Waals surface area contributed by atoms with E-state index in [1.54, 1.807) is 0 Å². The normalized spacial score (nSPS) is 13.1. The number of alkyl halides is 3. The Morgan fingerprint density at radius 2 is 1.93 bits per heavy atom. The van der Waals surface area contributed by atoms with Crippen LogP contribution in [-0.2, 0) is 9.53 Å². The van der Waals surface area contributed by atoms with E-state index in [1.807, 2.05) is 5.32 Å². The molecule has 0 radical (unpaired) electrons. The van der Waals surface area contributed by atoms with E-state index in [-0.39, 0.29) is 0 Å². The van der Waals surface area contributed by atoms with E-state index in [9.17, 15) is 9.59 Å². The monoisotopic (exact) mass is 279 g/mol. The summed E-state index contributed by atoms with van der Waals surface area (Å²) >= 11 is 15.8. The lowest BCUT2D eigenvalue weighted by atomic mass is 10.4. The predicted octanol–water partition coefficient (Wildman–Crippen LogP) is 0.528. The molecule has 0 aliphatic rings. The zero-order valence-electron chi connectivity index (χ0n) is 7.24. The fourth-order valence-electron chi connectivity index (χ4n) is 0.466. The van der Waals surface area contributed by atoms with Crippen molar-refractivity contribution in [2.45, 2.75) is 9.90 Å². The lowest BCUT2D eigenvalue weighted by Gasteiger charge is -2.12. The minimum absolute atomic E-state index is 0.479. The second-order valence-corrected chi connectivity index (χ2v) is 4.94. The first-order chi connectivity index (χ1) is 6.72. The first-order valence-corrected chi connectivity index (χ1v) is 4.74. The Morgan fingerprint density at radius 1 is 1.40 bits per heavy atom. The number of carboxylic acids is 1. The number of aliphatic carboxylic acids is 1. The highest BCUT2D eigenvalue weighted by molar-refractivity contribution is 6.67. The maximum atomic E-state index is 10.8. The number of ether oxygens (including phenoxy) is 1. The van der Waals surface area contributed by atoms with Gasteiger partial charge in [-0.25, -0.2) is 9.59 Å². The van der Waals surface area contributed by atoms with Crippen LogP contribution in [0, 0.1) is 0 Å². The van der Waals surface area contributed by atoms with Gasteiger partial charge in [0.05, 0.1) is 6.54 Å². The molecule has 0 heterocycles. The summed E-state index contributed by atoms with van der Waals surface area (Å²) in [6, 6.07) is 0. The SMILES string of the molecule is O=C(NC[C@H](O)C(=O)O)OCC(Cl)(Cl)Cl. The summed E-state index contributed by atoms with van der Waals surface area (Å²) < 4.78 is 2.65. The molecule has 6 nitrogen and oxygen atoms in total. The summed E-state index contributed by atoms with van der Waals surface area (Å²) in [6.45, 7) is -0.972. The van der Waals surface area contributed by atoms with Crippen molar-refractivity contribution in [3.8, 4) is 0 Å². The van der Waals surface area contributed by atoms with Crippen molar-refractivity contribution in [1.82, 2.24) is 5.32 Å². The van der Waals surface area contributed by atoms with E-state index in [1.165, 1.54) is 0 Å². The molecule has 0 saturated heterocycles. The average Bonchev–Trinajstić information content (AvgIpc) is 2.09. The quantitative estimate of drug-likeness (QED) is 0.653. The molecule has 88 valence electrons. The number of amides is 1. The Hall–Kier alpha value is -0.430. The number of carbonyl (C=O) groups excluding carboxylic acids is 1. The lowest BCUT2D eigenvalue weighted by molar-refractivity contribution is -0.146. The van der Waals surface area contributed by atoms with Crippen molar-refractivity contribution >= 4 is 46.9 Å². The van der Waals surface area contributed by atoms with Crippen molar-refractivity contribution in [2.24, 2.45) is 0 Å². The van der Waals surface area contributed by atoms with Gasteiger partial charge in [-0.2, -0.15) is 0 Å². The predicted molar refractivity (Wildman–Crippen MR) is 53.3 cm³/mol. The Balaban J connectivity index is 3.72. The Bertz CT molecular complexity index is 241. The van der Waals surface area contributed by atoms with Crippen molar-refractivity contribution < 1.29 is 24.5 Å². The van der Waals surface area contributed by atoms with Gasteiger partial charge in [0, 0.05) is 0 Å². The number of halogens is 3. The highest BCUT2D eigenvalue weighted by Gasteiger charge is 2.22. The first-order valence-electron chi connectivity index (χ1n) is 3.60. The molecule has 0 aromatic carbocycles. The number of rotatable bonds is 4. The Morgan fingerprint density at radius 3 is 2.33 bits per heavy atom. The van der Waals surface area contributed by atoms with Gasteiger partial charge in [0.1, 0.15) is 6.61 Å². The van der Waals surface area contributed by atoms with Gasteiger partial charge in [0.2, 0.25) is 3.79 Å². The van der Waals surface area contributed by atoms with Crippen LogP contribution in [0.2, 0.25) is 0 Å². The standard InChI is InChI=1S/C6H8Cl3NO5/c7-6(8,9)2-15-5(14)10-1-3(11)4(12)13/h3,11H,1-2H2,(H,10,14)(H,12,13)/t3-/m0/s1. The number of alkyl carbamates (subject to hydrolysis) is 1. The number of carboxylic acid groups (broad SMARTS) is 1. The van der Waals surface area contributed by atoms with Crippen LogP contribution in [0.1, 0.15) is 0 Å². The number of nitrogens with one attached hydrogen (secondary N) is 1. The molecule has 0 bridgehead atoms.